The van der Waals surface area contributed by atoms with Gasteiger partial charge in [-0.1, -0.05) is 6.42 Å². The predicted molar refractivity (Wildman–Crippen MR) is 226 cm³/mol. The summed E-state index contributed by atoms with van der Waals surface area (Å²) in [5, 5.41) is 18.4. The van der Waals surface area contributed by atoms with Crippen LogP contribution in [0.3, 0.4) is 0 Å². The smallest absolute Gasteiger partial charge is 0.349 e. The minimum absolute atomic E-state index is 0. The van der Waals surface area contributed by atoms with Gasteiger partial charge < -0.3 is 45.3 Å². The zero-order chi connectivity index (χ0) is 41.8. The number of carbonyl (C=O) groups excluding carboxylic acids is 4. The van der Waals surface area contributed by atoms with Crippen LogP contribution >= 0.6 is 12.4 Å². The first-order chi connectivity index (χ1) is 27.6. The summed E-state index contributed by atoms with van der Waals surface area (Å²) in [6.45, 7) is 4.61. The van der Waals surface area contributed by atoms with Crippen LogP contribution in [0.5, 0.6) is 0 Å². The Kier molecular flexibility index (Phi) is 13.2. The van der Waals surface area contributed by atoms with Gasteiger partial charge in [-0.05, 0) is 68.1 Å². The number of aromatic amines is 1. The Morgan fingerprint density at radius 3 is 1.85 bits per heavy atom. The number of amidine groups is 1. The lowest BCUT2D eigenvalue weighted by atomic mass is 10.1. The molecule has 0 atom stereocenters. The Bertz CT molecular complexity index is 2680. The molecule has 0 radical (unpaired) electrons. The fourth-order valence-electron chi connectivity index (χ4n) is 6.60. The first kappa shape index (κ1) is 43.1. The number of fused-ring (bicyclic) bond motifs is 2. The summed E-state index contributed by atoms with van der Waals surface area (Å²) < 4.78 is 6.55. The van der Waals surface area contributed by atoms with E-state index in [0.29, 0.717) is 54.1 Å². The van der Waals surface area contributed by atoms with Crippen molar-refractivity contribution in [3.63, 3.8) is 0 Å². The summed E-state index contributed by atoms with van der Waals surface area (Å²) in [5.41, 5.74) is 9.59. The van der Waals surface area contributed by atoms with Crippen LogP contribution in [0, 0.1) is 19.3 Å². The van der Waals surface area contributed by atoms with Crippen molar-refractivity contribution in [2.24, 2.45) is 26.9 Å². The minimum atomic E-state index is -0.739. The van der Waals surface area contributed by atoms with Crippen molar-refractivity contribution >= 4 is 70.0 Å². The number of hydrogen-bond acceptors (Lipinski definition) is 9. The zero-order valence-corrected chi connectivity index (χ0v) is 34.0. The molecule has 4 aromatic rings. The van der Waals surface area contributed by atoms with E-state index >= 15 is 0 Å². The third-order valence-corrected chi connectivity index (χ3v) is 9.70. The number of halogens is 1. The number of benzene rings is 1. The summed E-state index contributed by atoms with van der Waals surface area (Å²) in [6.07, 6.45) is 7.16. The highest BCUT2D eigenvalue weighted by atomic mass is 35.5. The fraction of sp³-hybridized carbons (Fsp3) is 0.308. The molecule has 19 nitrogen and oxygen atoms in total. The van der Waals surface area contributed by atoms with Crippen molar-refractivity contribution < 1.29 is 19.2 Å². The largest absolute Gasteiger partial charge is 0.388 e. The highest BCUT2D eigenvalue weighted by Gasteiger charge is 2.21. The molecule has 2 aliphatic rings. The van der Waals surface area contributed by atoms with Crippen molar-refractivity contribution in [3.05, 3.63) is 98.0 Å². The summed E-state index contributed by atoms with van der Waals surface area (Å²) in [5.74, 6) is -1.34. The molecule has 5 heterocycles. The van der Waals surface area contributed by atoms with E-state index in [1.807, 2.05) is 30.5 Å². The summed E-state index contributed by atoms with van der Waals surface area (Å²) in [4.78, 5) is 87.2. The number of nitrogens with two attached hydrogens (primary N) is 1. The maximum atomic E-state index is 13.3. The van der Waals surface area contributed by atoms with Gasteiger partial charge in [-0.25, -0.2) is 9.78 Å². The first-order valence-electron chi connectivity index (χ1n) is 18.5. The van der Waals surface area contributed by atoms with E-state index < -0.39 is 23.1 Å². The average Bonchev–Trinajstić information content (AvgIpc) is 3.83. The van der Waals surface area contributed by atoms with Crippen molar-refractivity contribution in [1.29, 1.82) is 5.41 Å². The van der Waals surface area contributed by atoms with E-state index in [0.717, 1.165) is 16.6 Å². The van der Waals surface area contributed by atoms with Crippen LogP contribution in [-0.2, 0) is 32.5 Å². The highest BCUT2D eigenvalue weighted by Crippen LogP contribution is 2.25. The minimum Gasteiger partial charge on any atom is -0.388 e. The second kappa shape index (κ2) is 18.1. The Labute approximate surface area is 343 Å². The molecule has 2 aliphatic heterocycles. The van der Waals surface area contributed by atoms with Crippen LogP contribution in [0.25, 0.3) is 22.6 Å². The normalized spacial score (nSPS) is 11.0. The second-order valence-electron chi connectivity index (χ2n) is 14.2. The van der Waals surface area contributed by atoms with E-state index in [2.05, 4.69) is 36.2 Å². The number of H-pyrrole nitrogens is 1. The van der Waals surface area contributed by atoms with Crippen LogP contribution in [0.2, 0.25) is 0 Å². The second-order valence-corrected chi connectivity index (χ2v) is 14.2. The Balaban J connectivity index is 0.00000661. The Hall–Kier alpha value is -7.02. The molecule has 8 N–H and O–H groups in total. The maximum Gasteiger partial charge on any atom is 0.349 e. The van der Waals surface area contributed by atoms with Crippen molar-refractivity contribution in [1.82, 2.24) is 38.5 Å². The number of amides is 4. The SMILES string of the molecule is Cc1cc2nc3c(=O)[nH]c(=O)nc-3n(CCCCCC(=O)Nc3cc(C(=O)Nc4cc(C(=O)Nc5cc(C(=O)NCCC(=N)N)n(C)c5)n(C)c4)n(C)c3)c2cc1C.Cl. The van der Waals surface area contributed by atoms with Gasteiger partial charge in [-0.2, -0.15) is 4.98 Å². The monoisotopic (exact) mass is 827 g/mol. The number of aryl methyl sites for hydroxylation is 6. The molecule has 0 spiro atoms. The maximum absolute atomic E-state index is 13.3. The zero-order valence-electron chi connectivity index (χ0n) is 33.2. The lowest BCUT2D eigenvalue weighted by molar-refractivity contribution is -0.116. The molecule has 4 amide bonds. The van der Waals surface area contributed by atoms with Gasteiger partial charge in [0.2, 0.25) is 5.91 Å². The standard InChI is InChI=1S/C39H45N13O6.ClH/c1-21-13-26-27(14-22(21)2)52(34-33(46-26)38(57)48-39(58)47-34)12-8-6-7-9-32(53)43-23-15-29(50(4)18-23)36(55)45-25-17-30(51(5)20-25)37(56)44-24-16-28(49(3)19-24)35(54)42-11-10-31(40)41;/h13-20H,6-12H2,1-5H3,(H3,40,41)(H,42,54)(H,43,53)(H,44,56)(H,45,55)(H,48,57,58);1H. The van der Waals surface area contributed by atoms with E-state index in [1.165, 1.54) is 12.1 Å². The quantitative estimate of drug-likeness (QED) is 0.0346. The van der Waals surface area contributed by atoms with E-state index in [-0.39, 0.29) is 72.3 Å². The van der Waals surface area contributed by atoms with E-state index in [9.17, 15) is 28.8 Å². The molecular formula is C39H46ClN13O6. The lowest BCUT2D eigenvalue weighted by Gasteiger charge is -2.17. The predicted octanol–water partition coefficient (Wildman–Crippen LogP) is 3.40. The number of nitrogens with zero attached hydrogens (tertiary/aromatic N) is 6. The van der Waals surface area contributed by atoms with Crippen LogP contribution in [-0.4, -0.2) is 69.2 Å². The third kappa shape index (κ3) is 9.93. The van der Waals surface area contributed by atoms with Gasteiger partial charge in [-0.15, -0.1) is 12.4 Å². The van der Waals surface area contributed by atoms with Gasteiger partial charge in [0.15, 0.2) is 11.5 Å². The summed E-state index contributed by atoms with van der Waals surface area (Å²) in [7, 11) is 5.00. The molecule has 0 saturated heterocycles. The number of aromatic nitrogens is 7. The van der Waals surface area contributed by atoms with Crippen LogP contribution in [0.15, 0.2) is 58.5 Å². The highest BCUT2D eigenvalue weighted by molar-refractivity contribution is 6.07. The molecule has 0 unspecified atom stereocenters. The molecule has 59 heavy (non-hydrogen) atoms. The summed E-state index contributed by atoms with van der Waals surface area (Å²) in [6, 6.07) is 8.49. The number of rotatable bonds is 15. The molecule has 6 rings (SSSR count). The lowest BCUT2D eigenvalue weighted by Crippen LogP contribution is -2.29. The molecule has 0 fully saturated rings. The molecular weight excluding hydrogens is 782 g/mol. The molecule has 310 valence electrons. The van der Waals surface area contributed by atoms with Crippen LogP contribution < -0.4 is 38.2 Å². The van der Waals surface area contributed by atoms with E-state index in [4.69, 9.17) is 11.1 Å². The fourth-order valence-corrected chi connectivity index (χ4v) is 6.60. The number of nitrogens with one attached hydrogen (secondary N) is 6. The Morgan fingerprint density at radius 2 is 1.27 bits per heavy atom. The first-order valence-corrected chi connectivity index (χ1v) is 18.5. The van der Waals surface area contributed by atoms with Crippen LogP contribution in [0.1, 0.15) is 74.7 Å². The molecule has 1 aromatic carbocycles. The van der Waals surface area contributed by atoms with Gasteiger partial charge in [0.05, 0.1) is 33.9 Å². The van der Waals surface area contributed by atoms with Gasteiger partial charge in [0.25, 0.3) is 23.3 Å². The number of anilines is 3. The van der Waals surface area contributed by atoms with Crippen molar-refractivity contribution in [3.8, 4) is 11.5 Å². The average molecular weight is 828 g/mol. The third-order valence-electron chi connectivity index (χ3n) is 9.70. The topological polar surface area (TPSA) is 262 Å². The van der Waals surface area contributed by atoms with Crippen molar-refractivity contribution in [2.75, 3.05) is 22.5 Å². The van der Waals surface area contributed by atoms with E-state index in [1.54, 1.807) is 59.5 Å². The molecule has 3 aromatic heterocycles. The van der Waals surface area contributed by atoms with Gasteiger partial charge in [0.1, 0.15) is 17.1 Å². The molecule has 0 bridgehead atoms. The number of unbranched alkanes of at least 4 members (excludes halogenated alkanes) is 2. The van der Waals surface area contributed by atoms with Gasteiger partial charge in [0, 0.05) is 65.7 Å². The number of hydrogen-bond donors (Lipinski definition) is 7. The van der Waals surface area contributed by atoms with Gasteiger partial charge >= 0.3 is 5.69 Å². The van der Waals surface area contributed by atoms with Crippen LogP contribution in [0.4, 0.5) is 17.1 Å². The number of carbonyl (C=O) groups is 4. The molecule has 0 aliphatic carbocycles. The summed E-state index contributed by atoms with van der Waals surface area (Å²) >= 11 is 0. The molecule has 20 heteroatoms. The van der Waals surface area contributed by atoms with Gasteiger partial charge in [-0.3, -0.25) is 34.4 Å². The molecule has 0 saturated carbocycles. The van der Waals surface area contributed by atoms with Crippen molar-refractivity contribution in [2.45, 2.75) is 52.5 Å². The Morgan fingerprint density at radius 1 is 0.729 bits per heavy atom.